The molecule has 4 nitrogen and oxygen atoms in total. The Morgan fingerprint density at radius 1 is 0.862 bits per heavy atom. The van der Waals surface area contributed by atoms with Gasteiger partial charge < -0.3 is 14.9 Å². The van der Waals surface area contributed by atoms with E-state index in [9.17, 15) is 9.90 Å². The zero-order chi connectivity index (χ0) is 21.2. The van der Waals surface area contributed by atoms with Gasteiger partial charge >= 0.3 is 5.97 Å². The third kappa shape index (κ3) is 15.2. The smallest absolute Gasteiger partial charge is 0.305 e. The quantitative estimate of drug-likeness (QED) is 0.257. The van der Waals surface area contributed by atoms with E-state index < -0.39 is 5.97 Å². The Morgan fingerprint density at radius 2 is 1.41 bits per heavy atom. The molecule has 2 N–H and O–H groups in total. The van der Waals surface area contributed by atoms with Gasteiger partial charge in [-0.25, -0.2) is 0 Å². The predicted molar refractivity (Wildman–Crippen MR) is 119 cm³/mol. The van der Waals surface area contributed by atoms with Crippen LogP contribution < -0.4 is 0 Å². The second kappa shape index (κ2) is 17.5. The summed E-state index contributed by atoms with van der Waals surface area (Å²) in [6.45, 7) is 2.60. The van der Waals surface area contributed by atoms with Crippen molar-refractivity contribution in [1.82, 2.24) is 0 Å². The Kier molecular flexibility index (Phi) is 15.4. The molecule has 0 amide bonds. The summed E-state index contributed by atoms with van der Waals surface area (Å²) in [6, 6.07) is 9.92. The van der Waals surface area contributed by atoms with Crippen molar-refractivity contribution in [3.8, 4) is 0 Å². The lowest BCUT2D eigenvalue weighted by atomic mass is 10.0. The molecule has 1 aromatic carbocycles. The topological polar surface area (TPSA) is 66.8 Å². The minimum Gasteiger partial charge on any atom is -0.481 e. The molecule has 0 saturated carbocycles. The number of carbonyl (C=O) groups is 1. The van der Waals surface area contributed by atoms with Crippen LogP contribution in [0.15, 0.2) is 30.3 Å². The maximum absolute atomic E-state index is 11.1. The molecule has 0 saturated heterocycles. The Labute approximate surface area is 177 Å². The second-order valence-corrected chi connectivity index (χ2v) is 8.22. The third-order valence-corrected chi connectivity index (χ3v) is 5.42. The average Bonchev–Trinajstić information content (AvgIpc) is 2.70. The highest BCUT2D eigenvalue weighted by Gasteiger charge is 2.13. The zero-order valence-electron chi connectivity index (χ0n) is 18.4. The van der Waals surface area contributed by atoms with Gasteiger partial charge in [0, 0.05) is 0 Å². The van der Waals surface area contributed by atoms with Crippen molar-refractivity contribution in [3.05, 3.63) is 35.9 Å². The van der Waals surface area contributed by atoms with Crippen LogP contribution in [0.3, 0.4) is 0 Å². The molecule has 0 fully saturated rings. The van der Waals surface area contributed by atoms with Crippen LogP contribution in [0.4, 0.5) is 0 Å². The fourth-order valence-corrected chi connectivity index (χ4v) is 3.69. The van der Waals surface area contributed by atoms with Crippen molar-refractivity contribution in [3.63, 3.8) is 0 Å². The van der Waals surface area contributed by atoms with Gasteiger partial charge in [0.25, 0.3) is 0 Å². The summed E-state index contributed by atoms with van der Waals surface area (Å²) in [4.78, 5) is 11.1. The Bertz CT molecular complexity index is 503. The second-order valence-electron chi connectivity index (χ2n) is 8.22. The van der Waals surface area contributed by atoms with E-state index in [1.165, 1.54) is 38.5 Å². The van der Waals surface area contributed by atoms with Crippen LogP contribution >= 0.6 is 0 Å². The summed E-state index contributed by atoms with van der Waals surface area (Å²) < 4.78 is 5.85. The number of carboxylic acids is 1. The van der Waals surface area contributed by atoms with Crippen molar-refractivity contribution >= 4 is 5.97 Å². The number of aliphatic carboxylic acids is 1. The van der Waals surface area contributed by atoms with Crippen molar-refractivity contribution < 1.29 is 19.7 Å². The van der Waals surface area contributed by atoms with Crippen molar-refractivity contribution in [1.29, 1.82) is 0 Å². The molecule has 0 bridgehead atoms. The molecule has 166 valence electrons. The van der Waals surface area contributed by atoms with Gasteiger partial charge in [-0.1, -0.05) is 101 Å². The zero-order valence-corrected chi connectivity index (χ0v) is 18.4. The third-order valence-electron chi connectivity index (χ3n) is 5.42. The van der Waals surface area contributed by atoms with Gasteiger partial charge in [-0.2, -0.15) is 0 Å². The van der Waals surface area contributed by atoms with E-state index in [1.807, 2.05) is 30.3 Å². The number of ether oxygens (including phenoxy) is 1. The number of unbranched alkanes of at least 4 members (excludes halogenated alkanes) is 8. The van der Waals surface area contributed by atoms with Crippen LogP contribution in [0.2, 0.25) is 0 Å². The van der Waals surface area contributed by atoms with E-state index in [4.69, 9.17) is 9.84 Å². The lowest BCUT2D eigenvalue weighted by Crippen LogP contribution is -2.17. The Morgan fingerprint density at radius 3 is 1.97 bits per heavy atom. The lowest BCUT2D eigenvalue weighted by Gasteiger charge is -2.16. The first kappa shape index (κ1) is 25.6. The van der Waals surface area contributed by atoms with Crippen molar-refractivity contribution in [2.75, 3.05) is 0 Å². The van der Waals surface area contributed by atoms with Crippen molar-refractivity contribution in [2.24, 2.45) is 0 Å². The van der Waals surface area contributed by atoms with Gasteiger partial charge in [0.05, 0.1) is 25.2 Å². The molecule has 0 aliphatic heterocycles. The normalized spacial score (nSPS) is 13.3. The summed E-state index contributed by atoms with van der Waals surface area (Å²) in [5.41, 5.74) is 1.09. The number of aliphatic hydroxyl groups excluding tert-OH is 1. The van der Waals surface area contributed by atoms with Gasteiger partial charge in [-0.3, -0.25) is 4.79 Å². The molecule has 1 rings (SSSR count). The highest BCUT2D eigenvalue weighted by molar-refractivity contribution is 5.67. The summed E-state index contributed by atoms with van der Waals surface area (Å²) in [5, 5.41) is 18.8. The molecular formula is C25H42O4. The summed E-state index contributed by atoms with van der Waals surface area (Å²) >= 11 is 0. The minimum absolute atomic E-state index is 0.0831. The van der Waals surface area contributed by atoms with E-state index >= 15 is 0 Å². The highest BCUT2D eigenvalue weighted by Crippen LogP contribution is 2.16. The summed E-state index contributed by atoms with van der Waals surface area (Å²) in [6.07, 6.45) is 14.4. The van der Waals surface area contributed by atoms with Gasteiger partial charge in [-0.15, -0.1) is 0 Å². The van der Waals surface area contributed by atoms with E-state index in [1.54, 1.807) is 0 Å². The fraction of sp³-hybridized carbons (Fsp3) is 0.720. The molecule has 0 aliphatic carbocycles. The van der Waals surface area contributed by atoms with Crippen LogP contribution in [0.25, 0.3) is 0 Å². The number of benzene rings is 1. The number of rotatable bonds is 19. The lowest BCUT2D eigenvalue weighted by molar-refractivity contribution is -0.140. The molecule has 1 aromatic rings. The molecule has 0 radical (unpaired) electrons. The monoisotopic (exact) mass is 406 g/mol. The Balaban J connectivity index is 2.00. The fourth-order valence-electron chi connectivity index (χ4n) is 3.69. The number of aliphatic hydroxyl groups is 1. The first-order chi connectivity index (χ1) is 14.1. The maximum Gasteiger partial charge on any atom is 0.305 e. The molecule has 0 aliphatic rings. The maximum atomic E-state index is 11.1. The molecule has 4 heteroatoms. The molecule has 2 atom stereocenters. The van der Waals surface area contributed by atoms with Crippen LogP contribution in [-0.2, 0) is 16.1 Å². The SMILES string of the molecule is CCCC(O)CCCCCCCCCCCC(CC(=O)O)OCc1ccccc1. The van der Waals surface area contributed by atoms with E-state index in [0.29, 0.717) is 6.61 Å². The number of hydrogen-bond acceptors (Lipinski definition) is 3. The van der Waals surface area contributed by atoms with Gasteiger partial charge in [0.1, 0.15) is 0 Å². The summed E-state index contributed by atoms with van der Waals surface area (Å²) in [7, 11) is 0. The molecule has 0 heterocycles. The summed E-state index contributed by atoms with van der Waals surface area (Å²) in [5.74, 6) is -0.787. The number of hydrogen-bond donors (Lipinski definition) is 2. The number of carboxylic acid groups (broad SMARTS) is 1. The van der Waals surface area contributed by atoms with E-state index in [2.05, 4.69) is 6.92 Å². The molecule has 2 unspecified atom stereocenters. The van der Waals surface area contributed by atoms with Gasteiger partial charge in [-0.05, 0) is 24.8 Å². The largest absolute Gasteiger partial charge is 0.481 e. The molecule has 0 spiro atoms. The van der Waals surface area contributed by atoms with Crippen LogP contribution in [-0.4, -0.2) is 28.4 Å². The van der Waals surface area contributed by atoms with Crippen molar-refractivity contribution in [2.45, 2.75) is 116 Å². The van der Waals surface area contributed by atoms with Gasteiger partial charge in [0.2, 0.25) is 0 Å². The Hall–Kier alpha value is -1.39. The first-order valence-electron chi connectivity index (χ1n) is 11.7. The van der Waals surface area contributed by atoms with Crippen LogP contribution in [0, 0.1) is 0 Å². The average molecular weight is 407 g/mol. The highest BCUT2D eigenvalue weighted by atomic mass is 16.5. The predicted octanol–water partition coefficient (Wildman–Crippen LogP) is 6.50. The van der Waals surface area contributed by atoms with Crippen LogP contribution in [0.1, 0.15) is 102 Å². The minimum atomic E-state index is -0.787. The van der Waals surface area contributed by atoms with E-state index in [0.717, 1.165) is 50.5 Å². The molecule has 0 aromatic heterocycles. The van der Waals surface area contributed by atoms with E-state index in [-0.39, 0.29) is 18.6 Å². The first-order valence-corrected chi connectivity index (χ1v) is 11.7. The standard InChI is InChI=1S/C25H42O4/c1-2-15-23(26)18-13-8-6-4-3-5-7-9-14-19-24(20-25(27)28)29-21-22-16-11-10-12-17-22/h10-12,16-17,23-24,26H,2-9,13-15,18-21H2,1H3,(H,27,28). The molecule has 29 heavy (non-hydrogen) atoms. The van der Waals surface area contributed by atoms with Crippen LogP contribution in [0.5, 0.6) is 0 Å². The molecular weight excluding hydrogens is 364 g/mol. The van der Waals surface area contributed by atoms with Gasteiger partial charge in [0.15, 0.2) is 0 Å².